The fourth-order valence-corrected chi connectivity index (χ4v) is 6.04. The average molecular weight is 528 g/mol. The molecule has 1 saturated carbocycles. The van der Waals surface area contributed by atoms with Gasteiger partial charge in [-0.1, -0.05) is 12.8 Å². The average Bonchev–Trinajstić information content (AvgIpc) is 2.93. The summed E-state index contributed by atoms with van der Waals surface area (Å²) in [5.74, 6) is 2.51. The molecular weight excluding hydrogens is 486 g/mol. The van der Waals surface area contributed by atoms with Crippen molar-refractivity contribution < 1.29 is 33.6 Å². The van der Waals surface area contributed by atoms with Gasteiger partial charge >= 0.3 is 0 Å². The predicted octanol–water partition coefficient (Wildman–Crippen LogP) is 5.41. The summed E-state index contributed by atoms with van der Waals surface area (Å²) in [6.07, 6.45) is 4.10. The number of hydrogen-bond donors (Lipinski definition) is 1. The molecule has 1 saturated heterocycles. The molecule has 2 aromatic carbocycles. The van der Waals surface area contributed by atoms with Crippen molar-refractivity contribution in [3.63, 3.8) is 0 Å². The number of nitrogens with zero attached hydrogens (tertiary/aromatic N) is 1. The number of ether oxygens (including phenoxy) is 5. The van der Waals surface area contributed by atoms with Crippen LogP contribution in [0.3, 0.4) is 0 Å². The molecule has 2 aliphatic rings. The lowest BCUT2D eigenvalue weighted by atomic mass is 9.66. The lowest BCUT2D eigenvalue weighted by Crippen LogP contribution is -2.56. The van der Waals surface area contributed by atoms with Crippen LogP contribution < -0.4 is 23.7 Å². The summed E-state index contributed by atoms with van der Waals surface area (Å²) in [6, 6.07) is 8.80. The molecule has 0 spiro atoms. The highest BCUT2D eigenvalue weighted by Crippen LogP contribution is 2.52. The van der Waals surface area contributed by atoms with E-state index in [1.54, 1.807) is 26.4 Å². The van der Waals surface area contributed by atoms with Gasteiger partial charge in [0, 0.05) is 29.7 Å². The third kappa shape index (κ3) is 5.37. The monoisotopic (exact) mass is 527 g/mol. The number of fused-ring (bicyclic) bond motifs is 1. The van der Waals surface area contributed by atoms with Crippen LogP contribution in [-0.4, -0.2) is 62.1 Å². The van der Waals surface area contributed by atoms with Crippen LogP contribution in [0, 0.1) is 5.92 Å². The maximum absolute atomic E-state index is 14.3. The van der Waals surface area contributed by atoms with Crippen LogP contribution >= 0.6 is 0 Å². The van der Waals surface area contributed by atoms with E-state index in [9.17, 15) is 9.90 Å². The van der Waals surface area contributed by atoms with Crippen LogP contribution in [0.4, 0.5) is 0 Å². The van der Waals surface area contributed by atoms with E-state index in [0.717, 1.165) is 31.2 Å². The van der Waals surface area contributed by atoms with Crippen LogP contribution in [0.1, 0.15) is 74.8 Å². The Labute approximate surface area is 225 Å². The van der Waals surface area contributed by atoms with Gasteiger partial charge in [0.25, 0.3) is 5.91 Å². The normalized spacial score (nSPS) is 22.8. The molecule has 1 heterocycles. The number of benzene rings is 2. The molecule has 3 atom stereocenters. The molecule has 1 amide bonds. The molecule has 2 fully saturated rings. The van der Waals surface area contributed by atoms with Crippen molar-refractivity contribution >= 4 is 5.91 Å². The first-order valence-corrected chi connectivity index (χ1v) is 13.7. The zero-order valence-electron chi connectivity index (χ0n) is 23.2. The number of amides is 1. The SMILES string of the molecule is CCOc1cc(C(=O)N2CC[C@]3(O)CCCC[C@@H]3[C@H]2c2ccc(OC)cc2OC)cc(OCC)c1OCC. The van der Waals surface area contributed by atoms with E-state index in [1.807, 2.05) is 43.9 Å². The Morgan fingerprint density at radius 1 is 0.921 bits per heavy atom. The molecular formula is C30H41NO7. The summed E-state index contributed by atoms with van der Waals surface area (Å²) >= 11 is 0. The van der Waals surface area contributed by atoms with Gasteiger partial charge in [0.15, 0.2) is 11.5 Å². The van der Waals surface area contributed by atoms with Crippen molar-refractivity contribution in [3.05, 3.63) is 41.5 Å². The Kier molecular flexibility index (Phi) is 8.92. The predicted molar refractivity (Wildman–Crippen MR) is 145 cm³/mol. The molecule has 0 aromatic heterocycles. The Bertz CT molecular complexity index is 1090. The largest absolute Gasteiger partial charge is 0.497 e. The highest BCUT2D eigenvalue weighted by atomic mass is 16.5. The molecule has 0 radical (unpaired) electrons. The van der Waals surface area contributed by atoms with E-state index < -0.39 is 5.60 Å². The number of hydrogen-bond acceptors (Lipinski definition) is 7. The van der Waals surface area contributed by atoms with Gasteiger partial charge in [-0.25, -0.2) is 0 Å². The Morgan fingerprint density at radius 2 is 1.61 bits per heavy atom. The highest BCUT2D eigenvalue weighted by molar-refractivity contribution is 5.96. The minimum Gasteiger partial charge on any atom is -0.497 e. The maximum Gasteiger partial charge on any atom is 0.254 e. The van der Waals surface area contributed by atoms with E-state index in [1.165, 1.54) is 0 Å². The van der Waals surface area contributed by atoms with Crippen molar-refractivity contribution in [1.29, 1.82) is 0 Å². The molecule has 1 aliphatic heterocycles. The van der Waals surface area contributed by atoms with Crippen LogP contribution in [0.15, 0.2) is 30.3 Å². The van der Waals surface area contributed by atoms with E-state index >= 15 is 0 Å². The number of piperidine rings is 1. The summed E-state index contributed by atoms with van der Waals surface area (Å²) < 4.78 is 28.8. The van der Waals surface area contributed by atoms with Gasteiger partial charge in [-0.2, -0.15) is 0 Å². The van der Waals surface area contributed by atoms with Crippen molar-refractivity contribution in [2.45, 2.75) is 64.5 Å². The minimum atomic E-state index is -0.823. The smallest absolute Gasteiger partial charge is 0.254 e. The third-order valence-electron chi connectivity index (χ3n) is 7.74. The van der Waals surface area contributed by atoms with Gasteiger partial charge < -0.3 is 33.7 Å². The molecule has 1 aliphatic carbocycles. The summed E-state index contributed by atoms with van der Waals surface area (Å²) in [6.45, 7) is 7.40. The topological polar surface area (TPSA) is 86.7 Å². The molecule has 4 rings (SSSR count). The van der Waals surface area contributed by atoms with Gasteiger partial charge in [-0.05, 0) is 64.3 Å². The van der Waals surface area contributed by atoms with E-state index in [4.69, 9.17) is 23.7 Å². The lowest BCUT2D eigenvalue weighted by molar-refractivity contribution is -0.115. The van der Waals surface area contributed by atoms with Gasteiger partial charge in [-0.15, -0.1) is 0 Å². The molecule has 1 N–H and O–H groups in total. The summed E-state index contributed by atoms with van der Waals surface area (Å²) in [4.78, 5) is 16.2. The number of carbonyl (C=O) groups is 1. The molecule has 208 valence electrons. The first-order valence-electron chi connectivity index (χ1n) is 13.7. The van der Waals surface area contributed by atoms with Crippen LogP contribution in [-0.2, 0) is 0 Å². The Balaban J connectivity index is 1.82. The zero-order chi connectivity index (χ0) is 27.3. The van der Waals surface area contributed by atoms with E-state index in [-0.39, 0.29) is 17.9 Å². The summed E-state index contributed by atoms with van der Waals surface area (Å²) in [7, 11) is 3.23. The quantitative estimate of drug-likeness (QED) is 0.442. The number of methoxy groups -OCH3 is 2. The highest BCUT2D eigenvalue weighted by Gasteiger charge is 2.51. The van der Waals surface area contributed by atoms with Crippen molar-refractivity contribution in [3.8, 4) is 28.7 Å². The van der Waals surface area contributed by atoms with Crippen LogP contribution in [0.2, 0.25) is 0 Å². The van der Waals surface area contributed by atoms with Crippen molar-refractivity contribution in [1.82, 2.24) is 4.90 Å². The van der Waals surface area contributed by atoms with Crippen molar-refractivity contribution in [2.75, 3.05) is 40.6 Å². The molecule has 0 bridgehead atoms. The first kappa shape index (κ1) is 27.9. The molecule has 38 heavy (non-hydrogen) atoms. The number of rotatable bonds is 10. The van der Waals surface area contributed by atoms with E-state index in [0.29, 0.717) is 67.1 Å². The second-order valence-corrected chi connectivity index (χ2v) is 9.86. The van der Waals surface area contributed by atoms with Gasteiger partial charge in [0.2, 0.25) is 5.75 Å². The van der Waals surface area contributed by atoms with Gasteiger partial charge in [-0.3, -0.25) is 4.79 Å². The van der Waals surface area contributed by atoms with Gasteiger partial charge in [0.05, 0.1) is 45.7 Å². The van der Waals surface area contributed by atoms with Crippen LogP contribution in [0.25, 0.3) is 0 Å². The molecule has 0 unspecified atom stereocenters. The second-order valence-electron chi connectivity index (χ2n) is 9.86. The van der Waals surface area contributed by atoms with Gasteiger partial charge in [0.1, 0.15) is 11.5 Å². The second kappa shape index (κ2) is 12.2. The molecule has 8 nitrogen and oxygen atoms in total. The summed E-state index contributed by atoms with van der Waals surface area (Å²) in [5, 5.41) is 11.7. The van der Waals surface area contributed by atoms with Crippen molar-refractivity contribution in [2.24, 2.45) is 5.92 Å². The Morgan fingerprint density at radius 3 is 2.21 bits per heavy atom. The lowest BCUT2D eigenvalue weighted by Gasteiger charge is -2.52. The van der Waals surface area contributed by atoms with E-state index in [2.05, 4.69) is 0 Å². The summed E-state index contributed by atoms with van der Waals surface area (Å²) in [5.41, 5.74) is 0.503. The fraction of sp³-hybridized carbons (Fsp3) is 0.567. The van der Waals surface area contributed by atoms with Crippen LogP contribution in [0.5, 0.6) is 28.7 Å². The number of likely N-dealkylation sites (tertiary alicyclic amines) is 1. The number of aliphatic hydroxyl groups is 1. The fourth-order valence-electron chi connectivity index (χ4n) is 6.04. The zero-order valence-corrected chi connectivity index (χ0v) is 23.2. The maximum atomic E-state index is 14.3. The standard InChI is InChI=1S/C30H41NO7/c1-6-36-25-17-20(18-26(37-7-2)28(25)38-8-3)29(32)31-16-15-30(33)14-10-9-11-23(30)27(31)22-13-12-21(34-4)19-24(22)35-5/h12-13,17-19,23,27,33H,6-11,14-16H2,1-5H3/t23-,27-,30-/m1/s1. The number of carbonyl (C=O) groups excluding carboxylic acids is 1. The molecule has 8 heteroatoms. The first-order chi connectivity index (χ1) is 18.4. The Hall–Kier alpha value is -3.13. The third-order valence-corrected chi connectivity index (χ3v) is 7.74. The molecule has 2 aromatic rings. The minimum absolute atomic E-state index is 0.114.